The lowest BCUT2D eigenvalue weighted by atomic mass is 10.3. The predicted octanol–water partition coefficient (Wildman–Crippen LogP) is 1.55. The highest BCUT2D eigenvalue weighted by Gasteiger charge is 2.02. The van der Waals surface area contributed by atoms with Gasteiger partial charge in [-0.15, -0.1) is 0 Å². The van der Waals surface area contributed by atoms with Crippen LogP contribution in [0, 0.1) is 0 Å². The molecule has 0 saturated carbocycles. The lowest BCUT2D eigenvalue weighted by Crippen LogP contribution is -2.10. The normalized spacial score (nSPS) is 10.5. The van der Waals surface area contributed by atoms with Crippen LogP contribution in [0.3, 0.4) is 0 Å². The molecule has 2 heterocycles. The number of rotatable bonds is 3. The van der Waals surface area contributed by atoms with Crippen LogP contribution in [0.4, 0.5) is 0 Å². The van der Waals surface area contributed by atoms with E-state index in [4.69, 9.17) is 5.73 Å². The Morgan fingerprint density at radius 3 is 2.87 bits per heavy atom. The van der Waals surface area contributed by atoms with Crippen LogP contribution in [0.25, 0.3) is 0 Å². The quantitative estimate of drug-likeness (QED) is 0.917. The second-order valence-electron chi connectivity index (χ2n) is 3.15. The summed E-state index contributed by atoms with van der Waals surface area (Å²) in [5.41, 5.74) is 7.57. The van der Waals surface area contributed by atoms with Gasteiger partial charge >= 0.3 is 0 Å². The average molecular weight is 267 g/mol. The molecule has 0 atom stereocenters. The van der Waals surface area contributed by atoms with E-state index in [0.29, 0.717) is 13.1 Å². The third-order valence-corrected chi connectivity index (χ3v) is 2.58. The van der Waals surface area contributed by atoms with Gasteiger partial charge in [0.05, 0.1) is 17.9 Å². The Bertz CT molecular complexity index is 435. The van der Waals surface area contributed by atoms with Crippen LogP contribution in [0.15, 0.2) is 35.1 Å². The summed E-state index contributed by atoms with van der Waals surface area (Å²) in [6, 6.07) is 5.85. The first-order valence-electron chi connectivity index (χ1n) is 4.61. The topological polar surface area (TPSA) is 56.7 Å². The average Bonchev–Trinajstić information content (AvgIpc) is 2.69. The number of halogens is 1. The summed E-state index contributed by atoms with van der Waals surface area (Å²) in [5.74, 6) is 0. The first kappa shape index (κ1) is 10.3. The molecule has 2 aromatic rings. The minimum absolute atomic E-state index is 0.497. The lowest BCUT2D eigenvalue weighted by molar-refractivity contribution is 0.634. The smallest absolute Gasteiger partial charge is 0.0835 e. The van der Waals surface area contributed by atoms with E-state index < -0.39 is 0 Å². The SMILES string of the molecule is NCc1ccnn1Cc1ccc(Br)cn1. The van der Waals surface area contributed by atoms with Crippen LogP contribution in [0.1, 0.15) is 11.4 Å². The summed E-state index contributed by atoms with van der Waals surface area (Å²) >= 11 is 3.35. The molecule has 0 bridgehead atoms. The Balaban J connectivity index is 2.18. The van der Waals surface area contributed by atoms with Crippen LogP contribution >= 0.6 is 15.9 Å². The summed E-state index contributed by atoms with van der Waals surface area (Å²) in [6.45, 7) is 1.16. The Morgan fingerprint density at radius 1 is 1.33 bits per heavy atom. The second kappa shape index (κ2) is 4.55. The summed E-state index contributed by atoms with van der Waals surface area (Å²) in [4.78, 5) is 4.28. The van der Waals surface area contributed by atoms with Gasteiger partial charge in [-0.05, 0) is 34.1 Å². The van der Waals surface area contributed by atoms with Crippen LogP contribution in [-0.2, 0) is 13.1 Å². The van der Waals surface area contributed by atoms with Gasteiger partial charge in [-0.3, -0.25) is 9.67 Å². The molecule has 2 aromatic heterocycles. The maximum Gasteiger partial charge on any atom is 0.0835 e. The fraction of sp³-hybridized carbons (Fsp3) is 0.200. The number of aromatic nitrogens is 3. The van der Waals surface area contributed by atoms with Gasteiger partial charge in [0.15, 0.2) is 0 Å². The van der Waals surface area contributed by atoms with E-state index in [1.165, 1.54) is 0 Å². The summed E-state index contributed by atoms with van der Waals surface area (Å²) in [5, 5.41) is 4.19. The van der Waals surface area contributed by atoms with Gasteiger partial charge in [-0.25, -0.2) is 0 Å². The molecule has 15 heavy (non-hydrogen) atoms. The highest BCUT2D eigenvalue weighted by atomic mass is 79.9. The third-order valence-electron chi connectivity index (χ3n) is 2.11. The monoisotopic (exact) mass is 266 g/mol. The molecule has 5 heteroatoms. The van der Waals surface area contributed by atoms with Crippen LogP contribution in [0.5, 0.6) is 0 Å². The van der Waals surface area contributed by atoms with E-state index in [9.17, 15) is 0 Å². The van der Waals surface area contributed by atoms with Crippen molar-refractivity contribution in [3.05, 3.63) is 46.5 Å². The van der Waals surface area contributed by atoms with Gasteiger partial charge in [-0.1, -0.05) is 0 Å². The minimum Gasteiger partial charge on any atom is -0.325 e. The largest absolute Gasteiger partial charge is 0.325 e. The van der Waals surface area contributed by atoms with Gasteiger partial charge < -0.3 is 5.73 Å². The van der Waals surface area contributed by atoms with Gasteiger partial charge in [0.25, 0.3) is 0 Å². The van der Waals surface area contributed by atoms with Gasteiger partial charge in [-0.2, -0.15) is 5.10 Å². The number of nitrogens with two attached hydrogens (primary N) is 1. The fourth-order valence-electron chi connectivity index (χ4n) is 1.33. The molecule has 0 aliphatic carbocycles. The Morgan fingerprint density at radius 2 is 2.20 bits per heavy atom. The van der Waals surface area contributed by atoms with Crippen molar-refractivity contribution in [2.24, 2.45) is 5.73 Å². The molecular formula is C10H11BrN4. The molecule has 0 aliphatic rings. The molecule has 4 nitrogen and oxygen atoms in total. The Hall–Kier alpha value is -1.20. The maximum atomic E-state index is 5.58. The summed E-state index contributed by atoms with van der Waals surface area (Å²) in [6.07, 6.45) is 3.53. The highest BCUT2D eigenvalue weighted by molar-refractivity contribution is 9.10. The van der Waals surface area contributed by atoms with Crippen molar-refractivity contribution in [1.82, 2.24) is 14.8 Å². The number of pyridine rings is 1. The molecule has 0 fully saturated rings. The first-order valence-corrected chi connectivity index (χ1v) is 5.40. The van der Waals surface area contributed by atoms with Crippen LogP contribution < -0.4 is 5.73 Å². The minimum atomic E-state index is 0.497. The van der Waals surface area contributed by atoms with E-state index in [1.54, 1.807) is 12.4 Å². The third kappa shape index (κ3) is 2.43. The molecule has 78 valence electrons. The van der Waals surface area contributed by atoms with Gasteiger partial charge in [0, 0.05) is 23.4 Å². The zero-order chi connectivity index (χ0) is 10.7. The predicted molar refractivity (Wildman–Crippen MR) is 61.2 cm³/mol. The van der Waals surface area contributed by atoms with Gasteiger partial charge in [0.1, 0.15) is 0 Å². The van der Waals surface area contributed by atoms with Crippen molar-refractivity contribution in [1.29, 1.82) is 0 Å². The lowest BCUT2D eigenvalue weighted by Gasteiger charge is -2.05. The van der Waals surface area contributed by atoms with E-state index in [0.717, 1.165) is 15.9 Å². The fourth-order valence-corrected chi connectivity index (χ4v) is 1.56. The molecular weight excluding hydrogens is 256 g/mol. The standard InChI is InChI=1S/C10H11BrN4/c11-8-1-2-9(13-6-8)7-15-10(5-12)3-4-14-15/h1-4,6H,5,7,12H2. The molecule has 0 unspecified atom stereocenters. The summed E-state index contributed by atoms with van der Waals surface area (Å²) < 4.78 is 2.83. The highest BCUT2D eigenvalue weighted by Crippen LogP contribution is 2.09. The van der Waals surface area contributed by atoms with Crippen molar-refractivity contribution in [3.63, 3.8) is 0 Å². The molecule has 2 N–H and O–H groups in total. The molecule has 0 amide bonds. The van der Waals surface area contributed by atoms with Crippen LogP contribution in [-0.4, -0.2) is 14.8 Å². The summed E-state index contributed by atoms with van der Waals surface area (Å²) in [7, 11) is 0. The van der Waals surface area contributed by atoms with Crippen molar-refractivity contribution in [2.45, 2.75) is 13.1 Å². The molecule has 0 spiro atoms. The zero-order valence-electron chi connectivity index (χ0n) is 8.10. The molecule has 0 aromatic carbocycles. The number of nitrogens with zero attached hydrogens (tertiary/aromatic N) is 3. The maximum absolute atomic E-state index is 5.58. The number of hydrogen-bond acceptors (Lipinski definition) is 3. The van der Waals surface area contributed by atoms with Crippen molar-refractivity contribution < 1.29 is 0 Å². The molecule has 0 saturated heterocycles. The van der Waals surface area contributed by atoms with E-state index in [-0.39, 0.29) is 0 Å². The Labute approximate surface area is 96.3 Å². The molecule has 0 aliphatic heterocycles. The molecule has 0 radical (unpaired) electrons. The van der Waals surface area contributed by atoms with E-state index >= 15 is 0 Å². The van der Waals surface area contributed by atoms with Crippen molar-refractivity contribution in [2.75, 3.05) is 0 Å². The number of hydrogen-bond donors (Lipinski definition) is 1. The Kier molecular flexibility index (Phi) is 3.13. The first-order chi connectivity index (χ1) is 7.29. The van der Waals surface area contributed by atoms with Gasteiger partial charge in [0.2, 0.25) is 0 Å². The molecule has 2 rings (SSSR count). The van der Waals surface area contributed by atoms with Crippen molar-refractivity contribution >= 4 is 15.9 Å². The van der Waals surface area contributed by atoms with Crippen molar-refractivity contribution in [3.8, 4) is 0 Å². The zero-order valence-corrected chi connectivity index (χ0v) is 9.68. The van der Waals surface area contributed by atoms with E-state index in [1.807, 2.05) is 22.9 Å². The second-order valence-corrected chi connectivity index (χ2v) is 4.07. The van der Waals surface area contributed by atoms with Crippen LogP contribution in [0.2, 0.25) is 0 Å². The van der Waals surface area contributed by atoms with E-state index in [2.05, 4.69) is 26.0 Å².